The minimum atomic E-state index is -0.405. The molecule has 0 saturated carbocycles. The maximum Gasteiger partial charge on any atom is 0.201 e. The maximum atomic E-state index is 13.4. The molecule has 14 aromatic heterocycles. The molecule has 0 saturated heterocycles. The van der Waals surface area contributed by atoms with Gasteiger partial charge in [0.15, 0.2) is 62.0 Å². The highest BCUT2D eigenvalue weighted by atomic mass is 19.1. The van der Waals surface area contributed by atoms with Crippen LogP contribution in [0.1, 0.15) is 172 Å². The van der Waals surface area contributed by atoms with Crippen LogP contribution in [0.3, 0.4) is 0 Å². The third kappa shape index (κ3) is 17.3. The lowest BCUT2D eigenvalue weighted by Crippen LogP contribution is -1.94. The van der Waals surface area contributed by atoms with E-state index < -0.39 is 5.82 Å². The predicted octanol–water partition coefficient (Wildman–Crippen LogP) is 22.9. The van der Waals surface area contributed by atoms with Gasteiger partial charge in [-0.25, -0.2) is 29.3 Å². The van der Waals surface area contributed by atoms with E-state index in [0.717, 1.165) is 221 Å². The van der Waals surface area contributed by atoms with E-state index in [1.807, 2.05) is 127 Å². The topological polar surface area (TPSA) is 398 Å². The van der Waals surface area contributed by atoms with Crippen molar-refractivity contribution in [3.8, 4) is 0 Å². The minimum absolute atomic E-state index is 0.357. The maximum absolute atomic E-state index is 13.4. The van der Waals surface area contributed by atoms with Crippen LogP contribution in [0.2, 0.25) is 0 Å². The van der Waals surface area contributed by atoms with Gasteiger partial charge in [0.25, 0.3) is 0 Å². The predicted molar refractivity (Wildman–Crippen MR) is 463 cm³/mol. The van der Waals surface area contributed by atoms with Gasteiger partial charge in [-0.1, -0.05) is 132 Å². The number of fused-ring (bicyclic) bond motifs is 10. The number of hydrogen-bond acceptors (Lipinski definition) is 25. The van der Waals surface area contributed by atoms with Gasteiger partial charge < -0.3 is 49.2 Å². The fourth-order valence-electron chi connectivity index (χ4n) is 14.8. The van der Waals surface area contributed by atoms with E-state index in [1.165, 1.54) is 6.07 Å². The lowest BCUT2D eigenvalue weighted by atomic mass is 9.99. The van der Waals surface area contributed by atoms with Crippen LogP contribution in [0, 0.1) is 5.82 Å². The Bertz CT molecular complexity index is 6440. The third-order valence-corrected chi connectivity index (χ3v) is 20.8. The Morgan fingerprint density at radius 2 is 0.706 bits per heavy atom. The average Bonchev–Trinajstić information content (AvgIpc) is 1.67. The first kappa shape index (κ1) is 78.4. The van der Waals surface area contributed by atoms with E-state index in [2.05, 4.69) is 203 Å². The number of rotatable bonds is 24. The van der Waals surface area contributed by atoms with Gasteiger partial charge in [0, 0.05) is 140 Å². The molecule has 14 heterocycles. The number of pyridine rings is 3. The van der Waals surface area contributed by atoms with Crippen LogP contribution >= 0.6 is 0 Å². The summed E-state index contributed by atoms with van der Waals surface area (Å²) >= 11 is 0. The second-order valence-electron chi connectivity index (χ2n) is 29.6. The van der Waals surface area contributed by atoms with Crippen LogP contribution in [0.25, 0.3) is 110 Å². The Morgan fingerprint density at radius 3 is 1.18 bits per heavy atom. The van der Waals surface area contributed by atoms with Crippen molar-refractivity contribution in [2.24, 2.45) is 0 Å². The van der Waals surface area contributed by atoms with Gasteiger partial charge in [0.1, 0.15) is 23.3 Å². The van der Waals surface area contributed by atoms with Crippen LogP contribution in [0.15, 0.2) is 199 Å². The summed E-state index contributed by atoms with van der Waals surface area (Å²) < 4.78 is 40.9. The van der Waals surface area contributed by atoms with Gasteiger partial charge in [-0.05, 0) is 135 Å². The number of para-hydroxylation sites is 1. The minimum Gasteiger partial charge on any atom is -0.356 e. The highest BCUT2D eigenvalue weighted by Crippen LogP contribution is 2.38. The number of aromatic nitrogens is 20. The first-order valence-electron chi connectivity index (χ1n) is 40.2. The summed E-state index contributed by atoms with van der Waals surface area (Å²) in [7, 11) is 0. The molecule has 0 spiro atoms. The monoisotopic (exact) mass is 1600 g/mol. The summed E-state index contributed by atoms with van der Waals surface area (Å²) in [5.74, 6) is 4.88. The van der Waals surface area contributed by atoms with E-state index in [1.54, 1.807) is 24.8 Å². The average molecular weight is 1600 g/mol. The zero-order valence-corrected chi connectivity index (χ0v) is 67.3. The molecule has 0 aliphatic rings. The lowest BCUT2D eigenvalue weighted by molar-refractivity contribution is 0.435. The second kappa shape index (κ2) is 35.7. The Hall–Kier alpha value is -14.5. The van der Waals surface area contributed by atoms with Crippen molar-refractivity contribution in [2.45, 2.75) is 150 Å². The number of aryl methyl sites for hydroxylation is 1. The van der Waals surface area contributed by atoms with Gasteiger partial charge in [-0.2, -0.15) is 25.5 Å². The molecule has 0 fully saturated rings. The van der Waals surface area contributed by atoms with Gasteiger partial charge in [-0.15, -0.1) is 0 Å². The zero-order valence-electron chi connectivity index (χ0n) is 67.3. The summed E-state index contributed by atoms with van der Waals surface area (Å²) in [6.07, 6.45) is 18.7. The SMILES string of the molecule is CCCC(C)c1noc2cc(Nc3[nH]nc4ncc(F)cc34)ccc12.CCCC(C)c1noc2cc(Nc3[nH]nc4ncccc34)ccc12.CCCC(C)c1noc2cc(Nc3[nH]nc4nccnc34)ccc12.CCCC(C)c1noc2cc(Nc3n[nH]c4ccccc34)ccc12.CCCc1noc2cc(Nc3[nH]nc4ncccc34)ccc12. The molecule has 10 N–H and O–H groups in total. The highest BCUT2D eigenvalue weighted by molar-refractivity contribution is 5.96. The standard InChI is InChI=1S/C19H20N4O.C18H18FN5O.C18H19N5O.C17H18N6O.C16H15N5O/c1-3-6-12(2)18-15-10-9-13(11-17(15)24-23-18)20-19-14-7-4-5-8-16(14)21-22-19;1-3-4-10(2)16-13-6-5-12(8-15(13)25-24-16)21-18-14-7-11(19)9-20-17(14)22-23-18;1-3-5-11(2)16-13-8-7-12(10-15(13)24-23-16)20-18-14-6-4-9-19-17(14)21-22-18;1-3-4-10(2)14-12-6-5-11(9-13(12)24-23-14)20-17-15-16(21-22-17)19-8-7-18-15;1-2-4-13-11-7-6-10(9-14(11)22-21-13)18-16-12-5-3-8-17-15(12)19-20-16/h4-5,7-12H,3,6H2,1-2H3,(H2,20,21,22);5-10H,3-4H2,1-2H3,(H2,20,21,22,23);4,6-11H,3,5H2,1-2H3,(H2,19,20,21,22);5-10H,3-4H2,1-2H3,(H2,19,20,21,22);3,5-9H,2,4H2,1H3,(H2,17,18,19,20). The van der Waals surface area contributed by atoms with Crippen LogP contribution in [-0.2, 0) is 6.42 Å². The van der Waals surface area contributed by atoms with Crippen molar-refractivity contribution < 1.29 is 27.0 Å². The lowest BCUT2D eigenvalue weighted by Gasteiger charge is -2.06. The number of anilines is 10. The van der Waals surface area contributed by atoms with Crippen molar-refractivity contribution in [2.75, 3.05) is 26.6 Å². The highest BCUT2D eigenvalue weighted by Gasteiger charge is 2.22. The Labute approximate surface area is 680 Å². The van der Waals surface area contributed by atoms with Crippen LogP contribution in [-0.4, -0.2) is 102 Å². The van der Waals surface area contributed by atoms with E-state index >= 15 is 0 Å². The molecule has 31 heteroatoms. The molecule has 30 nitrogen and oxygen atoms in total. The quantitative estimate of drug-likeness (QED) is 0.0269. The number of benzene rings is 6. The first-order chi connectivity index (χ1) is 58.3. The summed E-state index contributed by atoms with van der Waals surface area (Å²) in [5.41, 5.74) is 17.6. The first-order valence-corrected chi connectivity index (χ1v) is 40.2. The van der Waals surface area contributed by atoms with E-state index in [9.17, 15) is 4.39 Å². The van der Waals surface area contributed by atoms with Crippen molar-refractivity contribution >= 4 is 168 Å². The van der Waals surface area contributed by atoms with Crippen molar-refractivity contribution in [3.63, 3.8) is 0 Å². The summed E-state index contributed by atoms with van der Waals surface area (Å²) in [6.45, 7) is 19.6. The number of H-pyrrole nitrogens is 5. The molecule has 0 bridgehead atoms. The van der Waals surface area contributed by atoms with E-state index in [-0.39, 0.29) is 0 Å². The molecule has 20 rings (SSSR count). The van der Waals surface area contributed by atoms with Gasteiger partial charge >= 0.3 is 0 Å². The molecule has 604 valence electrons. The van der Waals surface area contributed by atoms with Gasteiger partial charge in [0.05, 0.1) is 56.3 Å². The Kier molecular flexibility index (Phi) is 23.5. The van der Waals surface area contributed by atoms with Gasteiger partial charge in [0.2, 0.25) is 5.65 Å². The third-order valence-electron chi connectivity index (χ3n) is 20.8. The van der Waals surface area contributed by atoms with Crippen LogP contribution in [0.5, 0.6) is 0 Å². The molecular formula is C88H90FN25O5. The smallest absolute Gasteiger partial charge is 0.201 e. The molecule has 20 aromatic rings. The fourth-order valence-corrected chi connectivity index (χ4v) is 14.8. The number of nitrogens with zero attached hydrogens (tertiary/aromatic N) is 15. The fraction of sp³-hybridized carbons (Fsp3) is 0.261. The molecule has 0 aliphatic carbocycles. The summed E-state index contributed by atoms with van der Waals surface area (Å²) in [5, 5.41) is 82.2. The Balaban J connectivity index is 0.000000111. The normalized spacial score (nSPS) is 12.5. The molecule has 0 amide bonds. The van der Waals surface area contributed by atoms with Crippen LogP contribution in [0.4, 0.5) is 61.9 Å². The van der Waals surface area contributed by atoms with Crippen LogP contribution < -0.4 is 26.6 Å². The van der Waals surface area contributed by atoms with Crippen molar-refractivity contribution in [3.05, 3.63) is 211 Å². The number of aromatic amines is 5. The molecule has 0 radical (unpaired) electrons. The molecule has 4 unspecified atom stereocenters. The molecule has 6 aromatic carbocycles. The van der Waals surface area contributed by atoms with E-state index in [0.29, 0.717) is 68.8 Å². The number of hydrogen-bond donors (Lipinski definition) is 10. The zero-order chi connectivity index (χ0) is 81.9. The largest absolute Gasteiger partial charge is 0.356 e. The molecule has 4 atom stereocenters. The summed E-state index contributed by atoms with van der Waals surface area (Å²) in [4.78, 5) is 20.8. The molecule has 0 aliphatic heterocycles. The summed E-state index contributed by atoms with van der Waals surface area (Å²) in [6, 6.07) is 47.1. The second-order valence-corrected chi connectivity index (χ2v) is 29.6. The van der Waals surface area contributed by atoms with E-state index in [4.69, 9.17) is 22.6 Å². The Morgan fingerprint density at radius 1 is 0.328 bits per heavy atom. The number of nitrogens with one attached hydrogen (secondary N) is 10. The molecular weight excluding hydrogens is 1510 g/mol. The number of halogens is 1. The van der Waals surface area contributed by atoms with Crippen molar-refractivity contribution in [1.29, 1.82) is 0 Å². The van der Waals surface area contributed by atoms with Crippen molar-refractivity contribution in [1.82, 2.24) is 102 Å². The van der Waals surface area contributed by atoms with Gasteiger partial charge in [-0.3, -0.25) is 25.5 Å². The molecule has 119 heavy (non-hydrogen) atoms.